The van der Waals surface area contributed by atoms with Crippen LogP contribution in [-0.4, -0.2) is 23.5 Å². The summed E-state index contributed by atoms with van der Waals surface area (Å²) in [5.41, 5.74) is 2.09. The topological polar surface area (TPSA) is 58.5 Å². The molecule has 2 rings (SSSR count). The molecule has 5 heteroatoms. The van der Waals surface area contributed by atoms with Crippen molar-refractivity contribution in [1.29, 1.82) is 0 Å². The van der Waals surface area contributed by atoms with Crippen molar-refractivity contribution in [1.82, 2.24) is 15.6 Å². The number of rotatable bonds is 7. The van der Waals surface area contributed by atoms with Crippen LogP contribution in [0.5, 0.6) is 5.88 Å². The highest BCUT2D eigenvalue weighted by Gasteiger charge is 2.06. The highest BCUT2D eigenvalue weighted by molar-refractivity contribution is 5.80. The van der Waals surface area contributed by atoms with Crippen molar-refractivity contribution < 1.29 is 4.74 Å². The molecule has 1 aromatic carbocycles. The number of aliphatic imine (C=N–C) groups is 1. The Labute approximate surface area is 144 Å². The average molecular weight is 326 g/mol. The minimum atomic E-state index is 0.325. The number of nitrogens with zero attached hydrogens (tertiary/aromatic N) is 2. The summed E-state index contributed by atoms with van der Waals surface area (Å²) < 4.78 is 5.88. The number of guanidine groups is 1. The maximum atomic E-state index is 5.88. The molecule has 0 saturated carbocycles. The van der Waals surface area contributed by atoms with Crippen molar-refractivity contribution in [3.8, 4) is 5.88 Å². The molecule has 1 aromatic heterocycles. The monoisotopic (exact) mass is 326 g/mol. The summed E-state index contributed by atoms with van der Waals surface area (Å²) in [7, 11) is 0. The van der Waals surface area contributed by atoms with E-state index >= 15 is 0 Å². The van der Waals surface area contributed by atoms with Crippen LogP contribution in [0.1, 0.15) is 31.9 Å². The Morgan fingerprint density at radius 2 is 1.96 bits per heavy atom. The molecule has 2 N–H and O–H groups in total. The van der Waals surface area contributed by atoms with Gasteiger partial charge in [0, 0.05) is 24.3 Å². The molecule has 2 aromatic rings. The summed E-state index contributed by atoms with van der Waals surface area (Å²) in [5, 5.41) is 6.55. The van der Waals surface area contributed by atoms with Gasteiger partial charge in [-0.2, -0.15) is 0 Å². The summed E-state index contributed by atoms with van der Waals surface area (Å²) in [4.78, 5) is 8.96. The lowest BCUT2D eigenvalue weighted by Crippen LogP contribution is -2.41. The molecule has 0 saturated heterocycles. The van der Waals surface area contributed by atoms with E-state index in [1.165, 1.54) is 0 Å². The first kappa shape index (κ1) is 17.8. The zero-order valence-electron chi connectivity index (χ0n) is 14.6. The van der Waals surface area contributed by atoms with Crippen molar-refractivity contribution in [3.05, 3.63) is 59.8 Å². The maximum Gasteiger partial charge on any atom is 0.218 e. The Hall–Kier alpha value is -2.56. The number of hydrogen-bond acceptors (Lipinski definition) is 3. The van der Waals surface area contributed by atoms with Gasteiger partial charge in [0.1, 0.15) is 6.61 Å². The summed E-state index contributed by atoms with van der Waals surface area (Å²) >= 11 is 0. The molecule has 0 spiro atoms. The molecule has 24 heavy (non-hydrogen) atoms. The summed E-state index contributed by atoms with van der Waals surface area (Å²) in [6, 6.07) is 14.3. The summed E-state index contributed by atoms with van der Waals surface area (Å²) in [5.74, 6) is 1.43. The van der Waals surface area contributed by atoms with E-state index in [-0.39, 0.29) is 0 Å². The van der Waals surface area contributed by atoms with Crippen LogP contribution in [0.15, 0.2) is 53.7 Å². The Bertz CT molecular complexity index is 641. The fourth-order valence-corrected chi connectivity index (χ4v) is 2.16. The molecule has 1 heterocycles. The van der Waals surface area contributed by atoms with Gasteiger partial charge in [-0.25, -0.2) is 9.98 Å². The van der Waals surface area contributed by atoms with Crippen LogP contribution in [0.3, 0.4) is 0 Å². The van der Waals surface area contributed by atoms with Gasteiger partial charge in [0.25, 0.3) is 0 Å². The lowest BCUT2D eigenvalue weighted by Gasteiger charge is -2.14. The zero-order chi connectivity index (χ0) is 17.2. The molecule has 0 aliphatic heterocycles. The molecule has 0 aliphatic carbocycles. The molecule has 0 fully saturated rings. The molecular formula is C19H26N4O. The van der Waals surface area contributed by atoms with E-state index in [9.17, 15) is 0 Å². The van der Waals surface area contributed by atoms with Crippen molar-refractivity contribution in [3.63, 3.8) is 0 Å². The molecule has 0 radical (unpaired) electrons. The van der Waals surface area contributed by atoms with Gasteiger partial charge in [0.2, 0.25) is 5.88 Å². The van der Waals surface area contributed by atoms with E-state index in [0.717, 1.165) is 23.6 Å². The van der Waals surface area contributed by atoms with Crippen LogP contribution >= 0.6 is 0 Å². The van der Waals surface area contributed by atoms with Crippen LogP contribution in [0.4, 0.5) is 0 Å². The quantitative estimate of drug-likeness (QED) is 0.606. The highest BCUT2D eigenvalue weighted by Crippen LogP contribution is 2.17. The van der Waals surface area contributed by atoms with Crippen LogP contribution < -0.4 is 15.4 Å². The first-order chi connectivity index (χ1) is 11.7. The minimum absolute atomic E-state index is 0.325. The van der Waals surface area contributed by atoms with Gasteiger partial charge in [-0.15, -0.1) is 0 Å². The number of nitrogens with one attached hydrogen (secondary N) is 2. The fraction of sp³-hybridized carbons (Fsp3) is 0.368. The molecule has 0 amide bonds. The fourth-order valence-electron chi connectivity index (χ4n) is 2.16. The molecule has 0 unspecified atom stereocenters. The lowest BCUT2D eigenvalue weighted by atomic mass is 10.2. The first-order valence-electron chi connectivity index (χ1n) is 8.34. The Kier molecular flexibility index (Phi) is 7.08. The second kappa shape index (κ2) is 9.55. The normalized spacial score (nSPS) is 11.4. The first-order valence-corrected chi connectivity index (χ1v) is 8.34. The largest absolute Gasteiger partial charge is 0.473 e. The Morgan fingerprint density at radius 3 is 2.67 bits per heavy atom. The molecular weight excluding hydrogens is 300 g/mol. The second-order valence-electron chi connectivity index (χ2n) is 5.74. The van der Waals surface area contributed by atoms with Crippen LogP contribution in [0.25, 0.3) is 0 Å². The van der Waals surface area contributed by atoms with Crippen molar-refractivity contribution in [2.24, 2.45) is 4.99 Å². The van der Waals surface area contributed by atoms with Crippen LogP contribution in [0.2, 0.25) is 0 Å². The molecule has 128 valence electrons. The lowest BCUT2D eigenvalue weighted by molar-refractivity contribution is 0.290. The van der Waals surface area contributed by atoms with Gasteiger partial charge >= 0.3 is 0 Å². The second-order valence-corrected chi connectivity index (χ2v) is 5.74. The van der Waals surface area contributed by atoms with Crippen molar-refractivity contribution in [2.45, 2.75) is 40.0 Å². The molecule has 5 nitrogen and oxygen atoms in total. The van der Waals surface area contributed by atoms with Gasteiger partial charge < -0.3 is 15.4 Å². The number of pyridine rings is 1. The third-order valence-electron chi connectivity index (χ3n) is 3.25. The van der Waals surface area contributed by atoms with E-state index in [1.54, 1.807) is 6.20 Å². The van der Waals surface area contributed by atoms with Gasteiger partial charge in [0.05, 0.1) is 6.54 Å². The molecule has 0 aliphatic rings. The van der Waals surface area contributed by atoms with E-state index in [0.29, 0.717) is 25.1 Å². The third-order valence-corrected chi connectivity index (χ3v) is 3.25. The third kappa shape index (κ3) is 5.91. The summed E-state index contributed by atoms with van der Waals surface area (Å²) in [6.45, 7) is 8.06. The smallest absolute Gasteiger partial charge is 0.218 e. The average Bonchev–Trinajstić information content (AvgIpc) is 2.59. The predicted octanol–water partition coefficient (Wildman–Crippen LogP) is 3.12. The predicted molar refractivity (Wildman–Crippen MR) is 98.1 cm³/mol. The van der Waals surface area contributed by atoms with Crippen LogP contribution in [-0.2, 0) is 13.2 Å². The van der Waals surface area contributed by atoms with E-state index in [2.05, 4.69) is 41.4 Å². The van der Waals surface area contributed by atoms with Gasteiger partial charge in [-0.3, -0.25) is 0 Å². The van der Waals surface area contributed by atoms with Crippen molar-refractivity contribution >= 4 is 5.96 Å². The number of hydrogen-bond donors (Lipinski definition) is 2. The number of aromatic nitrogens is 1. The maximum absolute atomic E-state index is 5.88. The number of ether oxygens (including phenoxy) is 1. The van der Waals surface area contributed by atoms with Crippen LogP contribution in [0, 0.1) is 0 Å². The standard InChI is InChI=1S/C19H26N4O/c1-4-20-19(23-15(2)3)22-13-17-11-8-12-21-18(17)24-14-16-9-6-5-7-10-16/h5-12,15H,4,13-14H2,1-3H3,(H2,20,22,23). The van der Waals surface area contributed by atoms with Gasteiger partial charge in [-0.05, 0) is 32.4 Å². The molecule has 0 atom stereocenters. The van der Waals surface area contributed by atoms with Gasteiger partial charge in [-0.1, -0.05) is 36.4 Å². The number of benzene rings is 1. The van der Waals surface area contributed by atoms with E-state index in [1.807, 2.05) is 42.5 Å². The SMILES string of the molecule is CCNC(=NCc1cccnc1OCc1ccccc1)NC(C)C. The van der Waals surface area contributed by atoms with Crippen molar-refractivity contribution in [2.75, 3.05) is 6.54 Å². The highest BCUT2D eigenvalue weighted by atomic mass is 16.5. The van der Waals surface area contributed by atoms with E-state index in [4.69, 9.17) is 4.74 Å². The van der Waals surface area contributed by atoms with Gasteiger partial charge in [0.15, 0.2) is 5.96 Å². The molecule has 0 bridgehead atoms. The zero-order valence-corrected chi connectivity index (χ0v) is 14.6. The summed E-state index contributed by atoms with van der Waals surface area (Å²) in [6.07, 6.45) is 1.74. The Balaban J connectivity index is 2.04. The minimum Gasteiger partial charge on any atom is -0.473 e. The van der Waals surface area contributed by atoms with E-state index < -0.39 is 0 Å². The Morgan fingerprint density at radius 1 is 1.17 bits per heavy atom.